The SMILES string of the molecule is CCN(C(=O)c1cc(Nc2ccc(NC(C)=O)cc2)ccn1)c1cccc(C)c1. The molecule has 3 aromatic rings. The molecule has 0 unspecified atom stereocenters. The number of hydrogen-bond donors (Lipinski definition) is 2. The zero-order chi connectivity index (χ0) is 20.8. The van der Waals surface area contributed by atoms with Crippen LogP contribution in [-0.2, 0) is 4.79 Å². The maximum atomic E-state index is 13.0. The number of rotatable bonds is 6. The van der Waals surface area contributed by atoms with Crippen LogP contribution in [0.25, 0.3) is 0 Å². The van der Waals surface area contributed by atoms with Gasteiger partial charge in [-0.3, -0.25) is 14.6 Å². The first-order valence-corrected chi connectivity index (χ1v) is 9.45. The van der Waals surface area contributed by atoms with E-state index < -0.39 is 0 Å². The number of nitrogens with one attached hydrogen (secondary N) is 2. The molecule has 0 saturated carbocycles. The van der Waals surface area contributed by atoms with Crippen LogP contribution in [0.1, 0.15) is 29.9 Å². The summed E-state index contributed by atoms with van der Waals surface area (Å²) in [4.78, 5) is 30.1. The van der Waals surface area contributed by atoms with E-state index in [9.17, 15) is 9.59 Å². The Kier molecular flexibility index (Phi) is 6.24. The second-order valence-corrected chi connectivity index (χ2v) is 6.70. The van der Waals surface area contributed by atoms with Crippen molar-refractivity contribution in [3.63, 3.8) is 0 Å². The highest BCUT2D eigenvalue weighted by molar-refractivity contribution is 6.05. The Morgan fingerprint density at radius 1 is 0.966 bits per heavy atom. The largest absolute Gasteiger partial charge is 0.355 e. The fraction of sp³-hybridized carbons (Fsp3) is 0.174. The van der Waals surface area contributed by atoms with E-state index in [2.05, 4.69) is 15.6 Å². The van der Waals surface area contributed by atoms with Crippen LogP contribution in [0.2, 0.25) is 0 Å². The van der Waals surface area contributed by atoms with E-state index in [4.69, 9.17) is 0 Å². The summed E-state index contributed by atoms with van der Waals surface area (Å²) in [5, 5.41) is 5.99. The molecular weight excluding hydrogens is 364 g/mol. The van der Waals surface area contributed by atoms with Crippen LogP contribution in [0.15, 0.2) is 66.9 Å². The highest BCUT2D eigenvalue weighted by atomic mass is 16.2. The molecule has 3 rings (SSSR count). The minimum Gasteiger partial charge on any atom is -0.355 e. The van der Waals surface area contributed by atoms with Crippen molar-refractivity contribution in [2.75, 3.05) is 22.1 Å². The van der Waals surface area contributed by atoms with Crippen molar-refractivity contribution in [1.82, 2.24) is 4.98 Å². The number of hydrogen-bond acceptors (Lipinski definition) is 4. The maximum Gasteiger partial charge on any atom is 0.276 e. The van der Waals surface area contributed by atoms with Gasteiger partial charge in [0.15, 0.2) is 0 Å². The van der Waals surface area contributed by atoms with Crippen molar-refractivity contribution in [3.8, 4) is 0 Å². The highest BCUT2D eigenvalue weighted by Crippen LogP contribution is 2.22. The number of amides is 2. The third-order valence-corrected chi connectivity index (χ3v) is 4.35. The Hall–Kier alpha value is -3.67. The van der Waals surface area contributed by atoms with Gasteiger partial charge in [-0.2, -0.15) is 0 Å². The Bertz CT molecular complexity index is 1020. The molecule has 2 amide bonds. The minimum atomic E-state index is -0.150. The van der Waals surface area contributed by atoms with Crippen LogP contribution in [0, 0.1) is 6.92 Å². The number of carbonyl (C=O) groups is 2. The zero-order valence-electron chi connectivity index (χ0n) is 16.8. The Morgan fingerprint density at radius 2 is 1.69 bits per heavy atom. The number of nitrogens with zero attached hydrogens (tertiary/aromatic N) is 2. The highest BCUT2D eigenvalue weighted by Gasteiger charge is 2.18. The molecule has 1 heterocycles. The topological polar surface area (TPSA) is 74.3 Å². The fourth-order valence-corrected chi connectivity index (χ4v) is 3.01. The maximum absolute atomic E-state index is 13.0. The molecule has 2 aromatic carbocycles. The molecule has 0 radical (unpaired) electrons. The summed E-state index contributed by atoms with van der Waals surface area (Å²) in [6.45, 7) is 5.96. The molecule has 0 aliphatic carbocycles. The van der Waals surface area contributed by atoms with E-state index in [0.29, 0.717) is 12.2 Å². The lowest BCUT2D eigenvalue weighted by molar-refractivity contribution is -0.114. The zero-order valence-corrected chi connectivity index (χ0v) is 16.8. The lowest BCUT2D eigenvalue weighted by Crippen LogP contribution is -2.31. The summed E-state index contributed by atoms with van der Waals surface area (Å²) >= 11 is 0. The van der Waals surface area contributed by atoms with Gasteiger partial charge in [0.05, 0.1) is 0 Å². The number of aromatic nitrogens is 1. The number of carbonyl (C=O) groups excluding carboxylic acids is 2. The first-order chi connectivity index (χ1) is 14.0. The van der Waals surface area contributed by atoms with E-state index in [1.165, 1.54) is 6.92 Å². The lowest BCUT2D eigenvalue weighted by Gasteiger charge is -2.21. The number of anilines is 4. The lowest BCUT2D eigenvalue weighted by atomic mass is 10.2. The van der Waals surface area contributed by atoms with Crippen molar-refractivity contribution < 1.29 is 9.59 Å². The van der Waals surface area contributed by atoms with Gasteiger partial charge in [0.2, 0.25) is 5.91 Å². The van der Waals surface area contributed by atoms with Crippen LogP contribution in [0.3, 0.4) is 0 Å². The molecule has 148 valence electrons. The second kappa shape index (κ2) is 9.01. The third kappa shape index (κ3) is 5.19. The number of pyridine rings is 1. The first-order valence-electron chi connectivity index (χ1n) is 9.45. The Morgan fingerprint density at radius 3 is 2.34 bits per heavy atom. The average Bonchev–Trinajstić information content (AvgIpc) is 2.70. The molecule has 6 nitrogen and oxygen atoms in total. The monoisotopic (exact) mass is 388 g/mol. The summed E-state index contributed by atoms with van der Waals surface area (Å²) in [6, 6.07) is 18.7. The predicted molar refractivity (Wildman–Crippen MR) is 117 cm³/mol. The van der Waals surface area contributed by atoms with Gasteiger partial charge >= 0.3 is 0 Å². The third-order valence-electron chi connectivity index (χ3n) is 4.35. The molecule has 0 aliphatic rings. The van der Waals surface area contributed by atoms with Crippen molar-refractivity contribution in [2.24, 2.45) is 0 Å². The van der Waals surface area contributed by atoms with Gasteiger partial charge in [0, 0.05) is 42.4 Å². The normalized spacial score (nSPS) is 10.3. The fourth-order valence-electron chi connectivity index (χ4n) is 3.01. The van der Waals surface area contributed by atoms with Gasteiger partial charge in [-0.25, -0.2) is 0 Å². The molecule has 1 aromatic heterocycles. The van der Waals surface area contributed by atoms with E-state index in [-0.39, 0.29) is 11.8 Å². The van der Waals surface area contributed by atoms with Crippen molar-refractivity contribution in [1.29, 1.82) is 0 Å². The molecule has 6 heteroatoms. The molecule has 0 aliphatic heterocycles. The number of aryl methyl sites for hydroxylation is 1. The van der Waals surface area contributed by atoms with Crippen LogP contribution in [0.4, 0.5) is 22.7 Å². The Balaban J connectivity index is 1.77. The molecular formula is C23H24N4O2. The van der Waals surface area contributed by atoms with Gasteiger partial charge in [0.25, 0.3) is 5.91 Å². The second-order valence-electron chi connectivity index (χ2n) is 6.70. The molecule has 2 N–H and O–H groups in total. The minimum absolute atomic E-state index is 0.114. The van der Waals surface area contributed by atoms with Gasteiger partial charge in [-0.1, -0.05) is 12.1 Å². The van der Waals surface area contributed by atoms with Crippen molar-refractivity contribution >= 4 is 34.6 Å². The smallest absolute Gasteiger partial charge is 0.276 e. The molecule has 0 saturated heterocycles. The summed E-state index contributed by atoms with van der Waals surface area (Å²) in [6.07, 6.45) is 1.62. The quantitative estimate of drug-likeness (QED) is 0.638. The van der Waals surface area contributed by atoms with Gasteiger partial charge in [0.1, 0.15) is 5.69 Å². The van der Waals surface area contributed by atoms with Gasteiger partial charge < -0.3 is 15.5 Å². The molecule has 0 spiro atoms. The number of benzene rings is 2. The summed E-state index contributed by atoms with van der Waals surface area (Å²) in [5.74, 6) is -0.264. The predicted octanol–water partition coefficient (Wildman–Crippen LogP) is 4.76. The molecule has 0 fully saturated rings. The van der Waals surface area contributed by atoms with Crippen molar-refractivity contribution in [3.05, 3.63) is 78.1 Å². The summed E-state index contributed by atoms with van der Waals surface area (Å²) in [7, 11) is 0. The van der Waals surface area contributed by atoms with E-state index in [1.807, 2.05) is 68.4 Å². The molecule has 0 atom stereocenters. The van der Waals surface area contributed by atoms with Crippen LogP contribution in [0.5, 0.6) is 0 Å². The van der Waals surface area contributed by atoms with Gasteiger partial charge in [-0.05, 0) is 67.9 Å². The molecule has 29 heavy (non-hydrogen) atoms. The summed E-state index contributed by atoms with van der Waals surface area (Å²) in [5.41, 5.74) is 4.65. The molecule has 0 bridgehead atoms. The van der Waals surface area contributed by atoms with E-state index >= 15 is 0 Å². The van der Waals surface area contributed by atoms with Crippen LogP contribution in [-0.4, -0.2) is 23.3 Å². The van der Waals surface area contributed by atoms with Crippen molar-refractivity contribution in [2.45, 2.75) is 20.8 Å². The first kappa shape index (κ1) is 20.1. The standard InChI is InChI=1S/C23H24N4O2/c1-4-27(21-7-5-6-16(2)14-21)23(29)22-15-20(12-13-24-22)26-19-10-8-18(9-11-19)25-17(3)28/h5-15H,4H2,1-3H3,(H,24,26)(H,25,28). The van der Waals surface area contributed by atoms with Crippen LogP contribution < -0.4 is 15.5 Å². The Labute approximate surface area is 170 Å². The van der Waals surface area contributed by atoms with Crippen LogP contribution >= 0.6 is 0 Å². The summed E-state index contributed by atoms with van der Waals surface area (Å²) < 4.78 is 0. The van der Waals surface area contributed by atoms with E-state index in [1.54, 1.807) is 17.2 Å². The van der Waals surface area contributed by atoms with E-state index in [0.717, 1.165) is 28.3 Å². The average molecular weight is 388 g/mol. The van der Waals surface area contributed by atoms with Gasteiger partial charge in [-0.15, -0.1) is 0 Å².